The van der Waals surface area contributed by atoms with Crippen LogP contribution in [0.3, 0.4) is 0 Å². The molecule has 3 aliphatic rings. The Morgan fingerprint density at radius 2 is 1.66 bits per heavy atom. The van der Waals surface area contributed by atoms with E-state index in [0.29, 0.717) is 58.0 Å². The van der Waals surface area contributed by atoms with Crippen LogP contribution in [0.1, 0.15) is 37.0 Å². The fourth-order valence-corrected chi connectivity index (χ4v) is 5.30. The Balaban J connectivity index is 1.45. The van der Waals surface area contributed by atoms with Crippen molar-refractivity contribution in [2.75, 3.05) is 64.5 Å². The summed E-state index contributed by atoms with van der Waals surface area (Å²) in [5.41, 5.74) is 2.28. The smallest absolute Gasteiger partial charge is 0.257 e. The number of hydrogen-bond acceptors (Lipinski definition) is 7. The minimum atomic E-state index is -0.500. The molecule has 4 heterocycles. The molecule has 3 fully saturated rings. The molecule has 35 heavy (non-hydrogen) atoms. The van der Waals surface area contributed by atoms with E-state index in [4.69, 9.17) is 14.2 Å². The maximum Gasteiger partial charge on any atom is 0.257 e. The Bertz CT molecular complexity index is 1100. The molecule has 2 aromatic rings. The first-order valence-electron chi connectivity index (χ1n) is 12.5. The SMILES string of the molecule is COc1ccc2ncc(C(=O)N3CCN(C(=O)C(C)C)CC3)c(N3CCC4(CC3)OCCO4)c2c1. The van der Waals surface area contributed by atoms with Gasteiger partial charge in [-0.15, -0.1) is 0 Å². The summed E-state index contributed by atoms with van der Waals surface area (Å²) in [6.07, 6.45) is 3.18. The Morgan fingerprint density at radius 1 is 1.00 bits per heavy atom. The topological polar surface area (TPSA) is 84.4 Å². The third-order valence-electron chi connectivity index (χ3n) is 7.30. The molecule has 2 amide bonds. The normalized spacial score (nSPS) is 20.2. The maximum absolute atomic E-state index is 13.8. The maximum atomic E-state index is 13.8. The second kappa shape index (κ2) is 9.62. The fraction of sp³-hybridized carbons (Fsp3) is 0.577. The van der Waals surface area contributed by atoms with Crippen molar-refractivity contribution in [1.29, 1.82) is 0 Å². The predicted octanol–water partition coefficient (Wildman–Crippen LogP) is 2.53. The first-order valence-corrected chi connectivity index (χ1v) is 12.5. The molecular formula is C26H34N4O5. The Kier molecular flexibility index (Phi) is 6.55. The van der Waals surface area contributed by atoms with Crippen LogP contribution in [0.25, 0.3) is 10.9 Å². The summed E-state index contributed by atoms with van der Waals surface area (Å²) in [6, 6.07) is 5.77. The summed E-state index contributed by atoms with van der Waals surface area (Å²) in [5.74, 6) is 0.263. The molecule has 3 saturated heterocycles. The van der Waals surface area contributed by atoms with Crippen LogP contribution < -0.4 is 9.64 Å². The molecule has 3 aliphatic heterocycles. The number of pyridine rings is 1. The number of piperazine rings is 1. The molecular weight excluding hydrogens is 448 g/mol. The summed E-state index contributed by atoms with van der Waals surface area (Å²) in [7, 11) is 1.64. The van der Waals surface area contributed by atoms with Crippen LogP contribution in [-0.2, 0) is 14.3 Å². The van der Waals surface area contributed by atoms with Gasteiger partial charge in [-0.3, -0.25) is 14.6 Å². The number of nitrogens with zero attached hydrogens (tertiary/aromatic N) is 4. The molecule has 0 atom stereocenters. The number of ether oxygens (including phenoxy) is 3. The van der Waals surface area contributed by atoms with Crippen molar-refractivity contribution in [2.24, 2.45) is 5.92 Å². The van der Waals surface area contributed by atoms with Crippen molar-refractivity contribution < 1.29 is 23.8 Å². The summed E-state index contributed by atoms with van der Waals surface area (Å²) >= 11 is 0. The number of hydrogen-bond donors (Lipinski definition) is 0. The number of carbonyl (C=O) groups is 2. The largest absolute Gasteiger partial charge is 0.497 e. The molecule has 0 radical (unpaired) electrons. The molecule has 9 nitrogen and oxygen atoms in total. The van der Waals surface area contributed by atoms with Gasteiger partial charge in [0.15, 0.2) is 5.79 Å². The molecule has 0 bridgehead atoms. The molecule has 1 spiro atoms. The average Bonchev–Trinajstić information content (AvgIpc) is 3.35. The van der Waals surface area contributed by atoms with Gasteiger partial charge in [0.2, 0.25) is 5.91 Å². The van der Waals surface area contributed by atoms with Gasteiger partial charge in [-0.1, -0.05) is 13.8 Å². The van der Waals surface area contributed by atoms with Crippen LogP contribution in [0.4, 0.5) is 5.69 Å². The van der Waals surface area contributed by atoms with Gasteiger partial charge in [0.25, 0.3) is 5.91 Å². The van der Waals surface area contributed by atoms with E-state index < -0.39 is 5.79 Å². The number of methoxy groups -OCH3 is 1. The second-order valence-electron chi connectivity index (χ2n) is 9.77. The van der Waals surface area contributed by atoms with E-state index in [1.54, 1.807) is 13.3 Å². The van der Waals surface area contributed by atoms with Gasteiger partial charge in [0.1, 0.15) is 5.75 Å². The Morgan fingerprint density at radius 3 is 2.29 bits per heavy atom. The van der Waals surface area contributed by atoms with Gasteiger partial charge in [-0.25, -0.2) is 0 Å². The summed E-state index contributed by atoms with van der Waals surface area (Å²) in [6.45, 7) is 8.63. The van der Waals surface area contributed by atoms with Crippen LogP contribution in [-0.4, -0.2) is 92.0 Å². The number of anilines is 1. The molecule has 9 heteroatoms. The lowest BCUT2D eigenvalue weighted by Crippen LogP contribution is -2.52. The highest BCUT2D eigenvalue weighted by Gasteiger charge is 2.41. The van der Waals surface area contributed by atoms with E-state index in [1.165, 1.54) is 0 Å². The summed E-state index contributed by atoms with van der Waals surface area (Å²) in [4.78, 5) is 36.8. The third-order valence-corrected chi connectivity index (χ3v) is 7.30. The monoisotopic (exact) mass is 482 g/mol. The molecule has 0 aliphatic carbocycles. The van der Waals surface area contributed by atoms with Gasteiger partial charge in [0, 0.05) is 69.6 Å². The first-order chi connectivity index (χ1) is 16.9. The van der Waals surface area contributed by atoms with Crippen molar-refractivity contribution in [3.05, 3.63) is 30.0 Å². The fourth-order valence-electron chi connectivity index (χ4n) is 5.30. The molecule has 188 valence electrons. The molecule has 1 aromatic carbocycles. The van der Waals surface area contributed by atoms with E-state index in [1.807, 2.05) is 41.8 Å². The van der Waals surface area contributed by atoms with Crippen molar-refractivity contribution in [3.63, 3.8) is 0 Å². The van der Waals surface area contributed by atoms with Gasteiger partial charge in [-0.05, 0) is 18.2 Å². The lowest BCUT2D eigenvalue weighted by atomic mass is 9.99. The highest BCUT2D eigenvalue weighted by molar-refractivity contribution is 6.07. The van der Waals surface area contributed by atoms with Crippen molar-refractivity contribution >= 4 is 28.4 Å². The van der Waals surface area contributed by atoms with Crippen LogP contribution in [0.2, 0.25) is 0 Å². The number of carbonyl (C=O) groups excluding carboxylic acids is 2. The minimum Gasteiger partial charge on any atom is -0.497 e. The van der Waals surface area contributed by atoms with Gasteiger partial charge < -0.3 is 28.9 Å². The van der Waals surface area contributed by atoms with Crippen LogP contribution in [0.5, 0.6) is 5.75 Å². The van der Waals surface area contributed by atoms with Crippen molar-refractivity contribution in [3.8, 4) is 5.75 Å². The standard InChI is InChI=1S/C26H34N4O5/c1-18(2)24(31)29-10-12-30(13-11-29)25(32)21-17-27-22-5-4-19(33-3)16-20(22)23(21)28-8-6-26(7-9-28)34-14-15-35-26/h4-5,16-18H,6-15H2,1-3H3. The third kappa shape index (κ3) is 4.54. The minimum absolute atomic E-state index is 0.0428. The Hall–Kier alpha value is -2.91. The molecule has 1 aromatic heterocycles. The van der Waals surface area contributed by atoms with E-state index in [-0.39, 0.29) is 17.7 Å². The highest BCUT2D eigenvalue weighted by atomic mass is 16.7. The van der Waals surface area contributed by atoms with E-state index in [2.05, 4.69) is 9.88 Å². The van der Waals surface area contributed by atoms with Crippen LogP contribution in [0, 0.1) is 5.92 Å². The molecule has 5 rings (SSSR count). The average molecular weight is 483 g/mol. The van der Waals surface area contributed by atoms with Crippen molar-refractivity contribution in [1.82, 2.24) is 14.8 Å². The number of amides is 2. The molecule has 0 N–H and O–H groups in total. The zero-order valence-electron chi connectivity index (χ0n) is 20.8. The number of fused-ring (bicyclic) bond motifs is 1. The molecule has 0 saturated carbocycles. The van der Waals surface area contributed by atoms with Crippen LogP contribution >= 0.6 is 0 Å². The second-order valence-corrected chi connectivity index (χ2v) is 9.77. The quantitative estimate of drug-likeness (QED) is 0.662. The Labute approximate surface area is 205 Å². The number of aromatic nitrogens is 1. The van der Waals surface area contributed by atoms with Gasteiger partial charge >= 0.3 is 0 Å². The lowest BCUT2D eigenvalue weighted by molar-refractivity contribution is -0.169. The number of rotatable bonds is 4. The van der Waals surface area contributed by atoms with Gasteiger partial charge in [-0.2, -0.15) is 0 Å². The van der Waals surface area contributed by atoms with E-state index >= 15 is 0 Å². The van der Waals surface area contributed by atoms with Crippen LogP contribution in [0.15, 0.2) is 24.4 Å². The zero-order chi connectivity index (χ0) is 24.6. The zero-order valence-corrected chi connectivity index (χ0v) is 20.8. The van der Waals surface area contributed by atoms with E-state index in [9.17, 15) is 9.59 Å². The van der Waals surface area contributed by atoms with E-state index in [0.717, 1.165) is 35.2 Å². The van der Waals surface area contributed by atoms with Gasteiger partial charge in [0.05, 0.1) is 37.1 Å². The first kappa shape index (κ1) is 23.8. The number of piperidine rings is 1. The lowest BCUT2D eigenvalue weighted by Gasteiger charge is -2.40. The highest BCUT2D eigenvalue weighted by Crippen LogP contribution is 2.38. The van der Waals surface area contributed by atoms with Crippen molar-refractivity contribution in [2.45, 2.75) is 32.5 Å². The number of benzene rings is 1. The molecule has 0 unspecified atom stereocenters. The summed E-state index contributed by atoms with van der Waals surface area (Å²) in [5, 5.41) is 0.896. The predicted molar refractivity (Wildman–Crippen MR) is 132 cm³/mol. The summed E-state index contributed by atoms with van der Waals surface area (Å²) < 4.78 is 17.3.